The first-order chi connectivity index (χ1) is 15.5. The molecule has 0 bridgehead atoms. The van der Waals surface area contributed by atoms with Crippen LogP contribution in [0.3, 0.4) is 0 Å². The highest BCUT2D eigenvalue weighted by Crippen LogP contribution is 2.20. The molecule has 0 fully saturated rings. The SMILES string of the molecule is COC(=O)c1c(C)[nH]c(C(=O)Cn2c(=O)c3c(ncn3CC(C)C)n(CC(C)C)c2=O)c1C. The first-order valence-electron chi connectivity index (χ1n) is 11.0. The summed E-state index contributed by atoms with van der Waals surface area (Å²) in [6.07, 6.45) is 1.57. The number of fused-ring (bicyclic) bond motifs is 1. The van der Waals surface area contributed by atoms with Crippen molar-refractivity contribution in [2.75, 3.05) is 7.11 Å². The fraction of sp³-hybridized carbons (Fsp3) is 0.522. The molecular weight excluding hydrogens is 426 g/mol. The van der Waals surface area contributed by atoms with Crippen LogP contribution in [0.2, 0.25) is 0 Å². The topological polar surface area (TPSA) is 121 Å². The number of methoxy groups -OCH3 is 1. The number of rotatable bonds is 8. The Morgan fingerprint density at radius 3 is 2.27 bits per heavy atom. The minimum absolute atomic E-state index is 0.124. The van der Waals surface area contributed by atoms with Crippen LogP contribution in [0.25, 0.3) is 11.2 Å². The Bertz CT molecular complexity index is 1340. The molecule has 0 saturated carbocycles. The number of aromatic amines is 1. The molecule has 0 aliphatic heterocycles. The van der Waals surface area contributed by atoms with E-state index in [2.05, 4.69) is 9.97 Å². The van der Waals surface area contributed by atoms with Gasteiger partial charge >= 0.3 is 11.7 Å². The number of ether oxygens (including phenoxy) is 1. The highest BCUT2D eigenvalue weighted by atomic mass is 16.5. The third-order valence-corrected chi connectivity index (χ3v) is 5.50. The van der Waals surface area contributed by atoms with Gasteiger partial charge in [0.25, 0.3) is 5.56 Å². The fourth-order valence-electron chi connectivity index (χ4n) is 4.10. The van der Waals surface area contributed by atoms with Crippen molar-refractivity contribution in [3.63, 3.8) is 0 Å². The second-order valence-electron chi connectivity index (χ2n) is 9.18. The van der Waals surface area contributed by atoms with Crippen LogP contribution in [0.1, 0.15) is 59.8 Å². The van der Waals surface area contributed by atoms with Gasteiger partial charge in [0.2, 0.25) is 0 Å². The normalized spacial score (nSPS) is 11.7. The predicted octanol–water partition coefficient (Wildman–Crippen LogP) is 2.29. The molecule has 0 amide bonds. The zero-order chi connectivity index (χ0) is 24.6. The maximum Gasteiger partial charge on any atom is 0.339 e. The molecule has 0 unspecified atom stereocenters. The molecule has 0 saturated heterocycles. The zero-order valence-corrected chi connectivity index (χ0v) is 20.2. The van der Waals surface area contributed by atoms with E-state index in [4.69, 9.17) is 4.74 Å². The summed E-state index contributed by atoms with van der Waals surface area (Å²) in [6, 6.07) is 0. The Labute approximate surface area is 191 Å². The van der Waals surface area contributed by atoms with E-state index in [1.54, 1.807) is 24.7 Å². The van der Waals surface area contributed by atoms with Gasteiger partial charge in [-0.25, -0.2) is 14.6 Å². The number of imidazole rings is 1. The van der Waals surface area contributed by atoms with E-state index in [0.717, 1.165) is 4.57 Å². The summed E-state index contributed by atoms with van der Waals surface area (Å²) in [4.78, 5) is 59.2. The predicted molar refractivity (Wildman–Crippen MR) is 124 cm³/mol. The summed E-state index contributed by atoms with van der Waals surface area (Å²) in [5.41, 5.74) is 0.827. The molecule has 0 aliphatic rings. The summed E-state index contributed by atoms with van der Waals surface area (Å²) < 4.78 is 8.94. The molecule has 178 valence electrons. The van der Waals surface area contributed by atoms with Crippen LogP contribution in [0.4, 0.5) is 0 Å². The van der Waals surface area contributed by atoms with Crippen molar-refractivity contribution in [2.45, 2.75) is 61.2 Å². The highest BCUT2D eigenvalue weighted by molar-refractivity contribution is 6.01. The number of nitrogens with one attached hydrogen (secondary N) is 1. The van der Waals surface area contributed by atoms with Crippen LogP contribution in [-0.4, -0.2) is 42.5 Å². The van der Waals surface area contributed by atoms with Crippen LogP contribution < -0.4 is 11.2 Å². The summed E-state index contributed by atoms with van der Waals surface area (Å²) in [5, 5.41) is 0. The lowest BCUT2D eigenvalue weighted by Crippen LogP contribution is -2.43. The number of hydrogen-bond acceptors (Lipinski definition) is 6. The average molecular weight is 458 g/mol. The van der Waals surface area contributed by atoms with Crippen molar-refractivity contribution in [3.05, 3.63) is 49.7 Å². The van der Waals surface area contributed by atoms with E-state index in [1.807, 2.05) is 27.7 Å². The van der Waals surface area contributed by atoms with Gasteiger partial charge in [-0.15, -0.1) is 0 Å². The van der Waals surface area contributed by atoms with E-state index in [9.17, 15) is 19.2 Å². The van der Waals surface area contributed by atoms with Gasteiger partial charge in [-0.2, -0.15) is 0 Å². The van der Waals surface area contributed by atoms with E-state index >= 15 is 0 Å². The smallest absolute Gasteiger partial charge is 0.339 e. The van der Waals surface area contributed by atoms with Gasteiger partial charge in [0.1, 0.15) is 0 Å². The Morgan fingerprint density at radius 2 is 1.70 bits per heavy atom. The molecule has 10 heteroatoms. The molecule has 0 atom stereocenters. The van der Waals surface area contributed by atoms with Crippen molar-refractivity contribution >= 4 is 22.9 Å². The van der Waals surface area contributed by atoms with E-state index in [0.29, 0.717) is 35.5 Å². The molecule has 3 aromatic rings. The number of aryl methyl sites for hydroxylation is 1. The van der Waals surface area contributed by atoms with E-state index in [1.165, 1.54) is 11.7 Å². The van der Waals surface area contributed by atoms with Gasteiger partial charge in [-0.05, 0) is 31.2 Å². The Morgan fingerprint density at radius 1 is 1.06 bits per heavy atom. The van der Waals surface area contributed by atoms with Crippen molar-refractivity contribution in [1.29, 1.82) is 0 Å². The Kier molecular flexibility index (Phi) is 6.76. The standard InChI is InChI=1S/C23H31N5O5/c1-12(2)8-26-11-24-20-19(26)21(30)28(23(32)27(20)9-13(3)4)10-16(29)18-14(5)17(15(6)25-18)22(31)33-7/h11-13,25H,8-10H2,1-7H3. The lowest BCUT2D eigenvalue weighted by Gasteiger charge is -2.14. The Balaban J connectivity index is 2.17. The zero-order valence-electron chi connectivity index (χ0n) is 20.2. The largest absolute Gasteiger partial charge is 0.465 e. The molecule has 1 N–H and O–H groups in total. The Hall–Kier alpha value is -3.43. The monoisotopic (exact) mass is 457 g/mol. The molecule has 3 heterocycles. The number of H-pyrrole nitrogens is 1. The van der Waals surface area contributed by atoms with E-state index in [-0.39, 0.29) is 23.1 Å². The summed E-state index contributed by atoms with van der Waals surface area (Å²) in [6.45, 7) is 11.7. The molecule has 0 aromatic carbocycles. The number of ketones is 1. The number of carbonyl (C=O) groups is 2. The van der Waals surface area contributed by atoms with Gasteiger partial charge < -0.3 is 14.3 Å². The highest BCUT2D eigenvalue weighted by Gasteiger charge is 2.25. The molecule has 3 rings (SSSR count). The molecule has 0 spiro atoms. The van der Waals surface area contributed by atoms with Crippen molar-refractivity contribution in [1.82, 2.24) is 23.7 Å². The van der Waals surface area contributed by atoms with Crippen LogP contribution in [0.15, 0.2) is 15.9 Å². The molecule has 33 heavy (non-hydrogen) atoms. The minimum Gasteiger partial charge on any atom is -0.465 e. The van der Waals surface area contributed by atoms with Crippen molar-refractivity contribution < 1.29 is 14.3 Å². The first kappa shape index (κ1) is 24.2. The number of nitrogens with zero attached hydrogens (tertiary/aromatic N) is 4. The molecular formula is C23H31N5O5. The molecule has 0 aliphatic carbocycles. The van der Waals surface area contributed by atoms with Gasteiger partial charge in [-0.3, -0.25) is 18.7 Å². The van der Waals surface area contributed by atoms with Crippen molar-refractivity contribution in [3.8, 4) is 0 Å². The maximum atomic E-state index is 13.4. The number of esters is 1. The summed E-state index contributed by atoms with van der Waals surface area (Å²) in [5.74, 6) is -0.659. The number of hydrogen-bond donors (Lipinski definition) is 1. The second-order valence-corrected chi connectivity index (χ2v) is 9.18. The van der Waals surface area contributed by atoms with Crippen LogP contribution in [0, 0.1) is 25.7 Å². The maximum absolute atomic E-state index is 13.4. The van der Waals surface area contributed by atoms with Gasteiger partial charge in [0, 0.05) is 18.8 Å². The first-order valence-corrected chi connectivity index (χ1v) is 11.0. The van der Waals surface area contributed by atoms with Crippen LogP contribution >= 0.6 is 0 Å². The molecule has 0 radical (unpaired) electrons. The van der Waals surface area contributed by atoms with Gasteiger partial charge in [0.05, 0.1) is 31.2 Å². The minimum atomic E-state index is -0.585. The number of aromatic nitrogens is 5. The fourth-order valence-corrected chi connectivity index (χ4v) is 4.10. The number of Topliss-reactive ketones (excluding diaryl/α,β-unsaturated/α-hetero) is 1. The second kappa shape index (κ2) is 9.21. The quantitative estimate of drug-likeness (QED) is 0.409. The number of carbonyl (C=O) groups excluding carboxylic acids is 2. The molecule has 3 aromatic heterocycles. The average Bonchev–Trinajstić information content (AvgIpc) is 3.27. The third-order valence-electron chi connectivity index (χ3n) is 5.50. The lowest BCUT2D eigenvalue weighted by atomic mass is 10.1. The third kappa shape index (κ3) is 4.42. The lowest BCUT2D eigenvalue weighted by molar-refractivity contribution is 0.0599. The van der Waals surface area contributed by atoms with E-state index < -0.39 is 29.5 Å². The summed E-state index contributed by atoms with van der Waals surface area (Å²) in [7, 11) is 1.27. The van der Waals surface area contributed by atoms with Gasteiger partial charge in [-0.1, -0.05) is 27.7 Å². The van der Waals surface area contributed by atoms with Crippen molar-refractivity contribution in [2.24, 2.45) is 11.8 Å². The summed E-state index contributed by atoms with van der Waals surface area (Å²) >= 11 is 0. The van der Waals surface area contributed by atoms with Crippen LogP contribution in [-0.2, 0) is 24.4 Å². The van der Waals surface area contributed by atoms with Gasteiger partial charge in [0.15, 0.2) is 16.9 Å². The van der Waals surface area contributed by atoms with Crippen LogP contribution in [0.5, 0.6) is 0 Å². The molecule has 10 nitrogen and oxygen atoms in total.